The van der Waals surface area contributed by atoms with Gasteiger partial charge in [0.1, 0.15) is 5.60 Å². The van der Waals surface area contributed by atoms with E-state index in [-0.39, 0.29) is 18.2 Å². The van der Waals surface area contributed by atoms with E-state index in [2.05, 4.69) is 22.1 Å². The molecule has 0 radical (unpaired) electrons. The van der Waals surface area contributed by atoms with Gasteiger partial charge in [-0.1, -0.05) is 42.4 Å². The van der Waals surface area contributed by atoms with Crippen molar-refractivity contribution >= 4 is 40.7 Å². The molecule has 0 spiro atoms. The lowest BCUT2D eigenvalue weighted by Gasteiger charge is -2.34. The first-order chi connectivity index (χ1) is 17.1. The largest absolute Gasteiger partial charge is 0.444 e. The van der Waals surface area contributed by atoms with E-state index in [1.807, 2.05) is 75.5 Å². The van der Waals surface area contributed by atoms with E-state index in [9.17, 15) is 9.59 Å². The molecule has 1 saturated heterocycles. The van der Waals surface area contributed by atoms with Crippen LogP contribution in [-0.2, 0) is 4.74 Å². The Bertz CT molecular complexity index is 1170. The van der Waals surface area contributed by atoms with Crippen LogP contribution in [0.1, 0.15) is 39.2 Å². The summed E-state index contributed by atoms with van der Waals surface area (Å²) in [5.41, 5.74) is 4.14. The Labute approximate surface area is 217 Å². The average molecular weight is 509 g/mol. The number of likely N-dealkylation sites (tertiary alicyclic amines) is 1. The molecule has 0 aromatic heterocycles. The second-order valence-electron chi connectivity index (χ2n) is 10.1. The predicted molar refractivity (Wildman–Crippen MR) is 145 cm³/mol. The molecule has 3 amide bonds. The van der Waals surface area contributed by atoms with Crippen molar-refractivity contribution in [3.8, 4) is 0 Å². The maximum absolute atomic E-state index is 12.7. The first kappa shape index (κ1) is 25.6. The summed E-state index contributed by atoms with van der Waals surface area (Å²) in [6, 6.07) is 15.5. The van der Waals surface area contributed by atoms with Crippen molar-refractivity contribution in [1.82, 2.24) is 15.5 Å². The number of carbonyl (C=O) groups excluding carboxylic acids is 2. The maximum Gasteiger partial charge on any atom is 0.410 e. The number of carbonyl (C=O) groups is 2. The van der Waals surface area contributed by atoms with Gasteiger partial charge in [-0.05, 0) is 69.0 Å². The number of para-hydroxylation sites is 1. The Morgan fingerprint density at radius 2 is 1.81 bits per heavy atom. The van der Waals surface area contributed by atoms with Crippen molar-refractivity contribution in [2.75, 3.05) is 24.5 Å². The Hall–Kier alpha value is -3.45. The fraction of sp³-hybridized carbons (Fsp3) is 0.357. The summed E-state index contributed by atoms with van der Waals surface area (Å²) in [6.07, 6.45) is 3.05. The number of nitrogens with one attached hydrogen (secondary N) is 2. The minimum Gasteiger partial charge on any atom is -0.444 e. The van der Waals surface area contributed by atoms with Crippen LogP contribution < -0.4 is 15.5 Å². The molecule has 36 heavy (non-hydrogen) atoms. The fourth-order valence-corrected chi connectivity index (χ4v) is 4.50. The molecular formula is C28H33ClN4O3. The van der Waals surface area contributed by atoms with Crippen LogP contribution in [0, 0.1) is 0 Å². The number of piperidine rings is 1. The SMILES string of the molecule is C=C1C(CNC(=O)NC2CCN(C(=O)OC(C)(C)C)CC2)=CN(c2ccccc2)c2cc(Cl)ccc21. The maximum atomic E-state index is 12.7. The highest BCUT2D eigenvalue weighted by Gasteiger charge is 2.28. The second kappa shape index (κ2) is 10.7. The molecule has 2 aromatic rings. The van der Waals surface area contributed by atoms with Crippen LogP contribution in [0.5, 0.6) is 0 Å². The summed E-state index contributed by atoms with van der Waals surface area (Å²) in [7, 11) is 0. The first-order valence-electron chi connectivity index (χ1n) is 12.2. The minimum absolute atomic E-state index is 0.00379. The van der Waals surface area contributed by atoms with Gasteiger partial charge in [0.05, 0.1) is 5.69 Å². The molecule has 2 N–H and O–H groups in total. The molecular weight excluding hydrogens is 476 g/mol. The number of hydrogen-bond donors (Lipinski definition) is 2. The molecule has 0 aliphatic carbocycles. The summed E-state index contributed by atoms with van der Waals surface area (Å²) in [4.78, 5) is 28.7. The lowest BCUT2D eigenvalue weighted by molar-refractivity contribution is 0.0201. The molecule has 2 aliphatic heterocycles. The summed E-state index contributed by atoms with van der Waals surface area (Å²) in [5.74, 6) is 0. The van der Waals surface area contributed by atoms with Crippen LogP contribution in [0.3, 0.4) is 0 Å². The van der Waals surface area contributed by atoms with Gasteiger partial charge in [-0.2, -0.15) is 0 Å². The molecule has 2 aromatic carbocycles. The topological polar surface area (TPSA) is 73.9 Å². The van der Waals surface area contributed by atoms with Crippen molar-refractivity contribution in [3.05, 3.63) is 77.5 Å². The first-order valence-corrected chi connectivity index (χ1v) is 12.5. The third kappa shape index (κ3) is 6.21. The molecule has 2 heterocycles. The zero-order valence-corrected chi connectivity index (χ0v) is 21.8. The van der Waals surface area contributed by atoms with Gasteiger partial charge in [-0.15, -0.1) is 0 Å². The third-order valence-electron chi connectivity index (χ3n) is 6.17. The molecule has 1 fully saturated rings. The highest BCUT2D eigenvalue weighted by atomic mass is 35.5. The zero-order valence-electron chi connectivity index (χ0n) is 21.0. The number of nitrogens with zero attached hydrogens (tertiary/aromatic N) is 2. The van der Waals surface area contributed by atoms with Crippen LogP contribution in [0.4, 0.5) is 21.0 Å². The van der Waals surface area contributed by atoms with Gasteiger partial charge in [-0.3, -0.25) is 0 Å². The van der Waals surface area contributed by atoms with Gasteiger partial charge >= 0.3 is 12.1 Å². The van der Waals surface area contributed by atoms with Gasteiger partial charge < -0.3 is 25.2 Å². The van der Waals surface area contributed by atoms with Crippen molar-refractivity contribution in [2.45, 2.75) is 45.3 Å². The quantitative estimate of drug-likeness (QED) is 0.524. The molecule has 0 unspecified atom stereocenters. The number of urea groups is 1. The Kier molecular flexibility index (Phi) is 7.59. The number of benzene rings is 2. The van der Waals surface area contributed by atoms with E-state index in [4.69, 9.17) is 16.3 Å². The number of anilines is 2. The summed E-state index contributed by atoms with van der Waals surface area (Å²) in [6.45, 7) is 11.3. The van der Waals surface area contributed by atoms with Crippen LogP contribution in [0.25, 0.3) is 5.57 Å². The molecule has 4 rings (SSSR count). The Morgan fingerprint density at radius 1 is 1.11 bits per heavy atom. The van der Waals surface area contributed by atoms with Crippen molar-refractivity contribution in [2.24, 2.45) is 0 Å². The van der Waals surface area contributed by atoms with Crippen molar-refractivity contribution in [3.63, 3.8) is 0 Å². The van der Waals surface area contributed by atoms with Crippen LogP contribution in [0.15, 0.2) is 66.9 Å². The monoisotopic (exact) mass is 508 g/mol. The summed E-state index contributed by atoms with van der Waals surface area (Å²) < 4.78 is 5.44. The summed E-state index contributed by atoms with van der Waals surface area (Å²) in [5, 5.41) is 6.65. The Morgan fingerprint density at radius 3 is 2.47 bits per heavy atom. The molecule has 0 atom stereocenters. The van der Waals surface area contributed by atoms with Crippen molar-refractivity contribution < 1.29 is 14.3 Å². The number of ether oxygens (including phenoxy) is 1. The van der Waals surface area contributed by atoms with Crippen LogP contribution in [-0.4, -0.2) is 48.3 Å². The van der Waals surface area contributed by atoms with Gasteiger partial charge in [0.15, 0.2) is 0 Å². The summed E-state index contributed by atoms with van der Waals surface area (Å²) >= 11 is 6.29. The van der Waals surface area contributed by atoms with E-state index >= 15 is 0 Å². The normalized spacial score (nSPS) is 16.2. The van der Waals surface area contributed by atoms with E-state index in [1.54, 1.807) is 4.90 Å². The average Bonchev–Trinajstić information content (AvgIpc) is 2.83. The van der Waals surface area contributed by atoms with Gasteiger partial charge in [-0.25, -0.2) is 9.59 Å². The molecule has 190 valence electrons. The van der Waals surface area contributed by atoms with E-state index in [1.165, 1.54) is 0 Å². The van der Waals surface area contributed by atoms with Crippen LogP contribution in [0.2, 0.25) is 5.02 Å². The van der Waals surface area contributed by atoms with Crippen molar-refractivity contribution in [1.29, 1.82) is 0 Å². The van der Waals surface area contributed by atoms with Gasteiger partial charge in [0.2, 0.25) is 0 Å². The third-order valence-corrected chi connectivity index (χ3v) is 6.41. The van der Waals surface area contributed by atoms with E-state index in [0.29, 0.717) is 37.5 Å². The molecule has 2 aliphatic rings. The minimum atomic E-state index is -0.521. The number of amides is 3. The lowest BCUT2D eigenvalue weighted by atomic mass is 9.94. The highest BCUT2D eigenvalue weighted by Crippen LogP contribution is 2.41. The number of hydrogen-bond acceptors (Lipinski definition) is 4. The highest BCUT2D eigenvalue weighted by molar-refractivity contribution is 6.31. The van der Waals surface area contributed by atoms with Gasteiger partial charge in [0.25, 0.3) is 0 Å². The van der Waals surface area contributed by atoms with E-state index < -0.39 is 5.60 Å². The molecule has 8 heteroatoms. The second-order valence-corrected chi connectivity index (χ2v) is 10.5. The molecule has 7 nitrogen and oxygen atoms in total. The lowest BCUT2D eigenvalue weighted by Crippen LogP contribution is -2.50. The van der Waals surface area contributed by atoms with Gasteiger partial charge in [0, 0.05) is 48.1 Å². The molecule has 0 bridgehead atoms. The number of rotatable bonds is 4. The standard InChI is InChI=1S/C28H33ClN4O3/c1-19-20(18-33(23-8-6-5-7-9-23)25-16-21(29)10-11-24(19)25)17-30-26(34)31-22-12-14-32(15-13-22)27(35)36-28(2,3)4/h5-11,16,18,22H,1,12-15,17H2,2-4H3,(H2,30,31,34). The fourth-order valence-electron chi connectivity index (χ4n) is 4.33. The Balaban J connectivity index is 1.36. The van der Waals surface area contributed by atoms with Crippen LogP contribution >= 0.6 is 11.6 Å². The predicted octanol–water partition coefficient (Wildman–Crippen LogP) is 6.09. The molecule has 0 saturated carbocycles. The van der Waals surface area contributed by atoms with E-state index in [0.717, 1.165) is 28.1 Å². The smallest absolute Gasteiger partial charge is 0.410 e. The number of fused-ring (bicyclic) bond motifs is 1. The number of halogens is 1. The zero-order chi connectivity index (χ0) is 25.9.